The zero-order valence-corrected chi connectivity index (χ0v) is 13.3. The summed E-state index contributed by atoms with van der Waals surface area (Å²) in [6.45, 7) is 1.60. The van der Waals surface area contributed by atoms with Gasteiger partial charge in [-0.3, -0.25) is 9.59 Å². The maximum absolute atomic E-state index is 12.1. The van der Waals surface area contributed by atoms with Gasteiger partial charge < -0.3 is 10.6 Å². The molecule has 2 aromatic carbocycles. The Labute approximate surface area is 138 Å². The smallest absolute Gasteiger partial charge is 0.253 e. The van der Waals surface area contributed by atoms with Crippen LogP contribution in [0.4, 0.5) is 5.69 Å². The van der Waals surface area contributed by atoms with E-state index in [0.717, 1.165) is 0 Å². The van der Waals surface area contributed by atoms with E-state index in [1.165, 1.54) is 12.1 Å². The van der Waals surface area contributed by atoms with Gasteiger partial charge in [-0.1, -0.05) is 41.4 Å². The third kappa shape index (κ3) is 4.23. The summed E-state index contributed by atoms with van der Waals surface area (Å²) in [7, 11) is 0. The van der Waals surface area contributed by atoms with Crippen molar-refractivity contribution in [3.8, 4) is 0 Å². The van der Waals surface area contributed by atoms with Crippen LogP contribution < -0.4 is 10.6 Å². The molecule has 1 unspecified atom stereocenters. The molecule has 0 aromatic heterocycles. The molecule has 22 heavy (non-hydrogen) atoms. The van der Waals surface area contributed by atoms with Gasteiger partial charge in [0.2, 0.25) is 5.91 Å². The normalized spacial score (nSPS) is 11.6. The number of benzene rings is 2. The number of hydrogen-bond donors (Lipinski definition) is 2. The van der Waals surface area contributed by atoms with Crippen LogP contribution in [0.15, 0.2) is 48.5 Å². The van der Waals surface area contributed by atoms with Crippen LogP contribution in [0.3, 0.4) is 0 Å². The minimum absolute atomic E-state index is 0.237. The Morgan fingerprint density at radius 3 is 2.36 bits per heavy atom. The summed E-state index contributed by atoms with van der Waals surface area (Å²) in [5, 5.41) is 5.99. The fraction of sp³-hybridized carbons (Fsp3) is 0.125. The van der Waals surface area contributed by atoms with E-state index in [0.29, 0.717) is 10.7 Å². The lowest BCUT2D eigenvalue weighted by Crippen LogP contribution is -2.41. The van der Waals surface area contributed by atoms with E-state index >= 15 is 0 Å². The predicted molar refractivity (Wildman–Crippen MR) is 88.5 cm³/mol. The summed E-state index contributed by atoms with van der Waals surface area (Å²) in [5.74, 6) is -0.748. The Hall–Kier alpha value is -2.04. The summed E-state index contributed by atoms with van der Waals surface area (Å²) in [6.07, 6.45) is 0. The maximum atomic E-state index is 12.1. The van der Waals surface area contributed by atoms with Crippen molar-refractivity contribution >= 4 is 40.7 Å². The van der Waals surface area contributed by atoms with Crippen molar-refractivity contribution in [1.29, 1.82) is 0 Å². The molecule has 2 rings (SSSR count). The quantitative estimate of drug-likeness (QED) is 0.893. The number of carbonyl (C=O) groups excluding carboxylic acids is 2. The van der Waals surface area contributed by atoms with Gasteiger partial charge in [-0.15, -0.1) is 0 Å². The van der Waals surface area contributed by atoms with E-state index in [1.807, 2.05) is 18.2 Å². The largest absolute Gasteiger partial charge is 0.340 e. The molecule has 0 aliphatic carbocycles. The van der Waals surface area contributed by atoms with E-state index in [4.69, 9.17) is 23.2 Å². The van der Waals surface area contributed by atoms with Crippen molar-refractivity contribution in [1.82, 2.24) is 5.32 Å². The van der Waals surface area contributed by atoms with Gasteiger partial charge in [0.05, 0.1) is 10.6 Å². The Kier molecular flexibility index (Phi) is 5.41. The number of anilines is 1. The molecule has 114 valence electrons. The highest BCUT2D eigenvalue weighted by Crippen LogP contribution is 2.20. The van der Waals surface area contributed by atoms with Crippen LogP contribution in [0.5, 0.6) is 0 Å². The summed E-state index contributed by atoms with van der Waals surface area (Å²) < 4.78 is 0. The first kappa shape index (κ1) is 16.3. The van der Waals surface area contributed by atoms with Crippen LogP contribution >= 0.6 is 23.2 Å². The molecule has 1 atom stereocenters. The van der Waals surface area contributed by atoms with Gasteiger partial charge in [0.25, 0.3) is 5.91 Å². The lowest BCUT2D eigenvalue weighted by atomic mass is 10.2. The highest BCUT2D eigenvalue weighted by Gasteiger charge is 2.18. The van der Waals surface area contributed by atoms with E-state index in [1.54, 1.807) is 25.1 Å². The van der Waals surface area contributed by atoms with Crippen molar-refractivity contribution < 1.29 is 9.59 Å². The summed E-state index contributed by atoms with van der Waals surface area (Å²) >= 11 is 11.8. The second-order valence-corrected chi connectivity index (χ2v) is 5.52. The third-order valence-corrected chi connectivity index (χ3v) is 3.51. The van der Waals surface area contributed by atoms with Gasteiger partial charge in [0.15, 0.2) is 0 Å². The highest BCUT2D eigenvalue weighted by molar-refractivity contribution is 6.36. The molecule has 4 nitrogen and oxygen atoms in total. The van der Waals surface area contributed by atoms with Crippen LogP contribution in [0.2, 0.25) is 10.0 Å². The van der Waals surface area contributed by atoms with Gasteiger partial charge >= 0.3 is 0 Å². The molecule has 2 N–H and O–H groups in total. The molecule has 0 spiro atoms. The maximum Gasteiger partial charge on any atom is 0.253 e. The van der Waals surface area contributed by atoms with Crippen LogP contribution in [-0.2, 0) is 4.79 Å². The molecule has 2 amide bonds. The number of halogens is 2. The summed E-state index contributed by atoms with van der Waals surface area (Å²) in [5.41, 5.74) is 0.934. The fourth-order valence-electron chi connectivity index (χ4n) is 1.79. The first-order valence-electron chi connectivity index (χ1n) is 6.59. The van der Waals surface area contributed by atoms with Gasteiger partial charge in [0, 0.05) is 10.7 Å². The highest BCUT2D eigenvalue weighted by atomic mass is 35.5. The number of hydrogen-bond acceptors (Lipinski definition) is 2. The second-order valence-electron chi connectivity index (χ2n) is 4.67. The molecule has 0 bridgehead atoms. The zero-order chi connectivity index (χ0) is 16.1. The lowest BCUT2D eigenvalue weighted by molar-refractivity contribution is -0.117. The standard InChI is InChI=1S/C16H14Cl2N2O2/c1-10(15(21)20-12-5-3-2-4-6-12)19-16(22)13-8-7-11(17)9-14(13)18/h2-10H,1H3,(H,19,22)(H,20,21). The number of nitrogens with one attached hydrogen (secondary N) is 2. The van der Waals surface area contributed by atoms with Crippen LogP contribution in [0.1, 0.15) is 17.3 Å². The summed E-state index contributed by atoms with van der Waals surface area (Å²) in [6, 6.07) is 12.9. The molecule has 0 aliphatic rings. The number of amides is 2. The Morgan fingerprint density at radius 2 is 1.73 bits per heavy atom. The average Bonchev–Trinajstić information content (AvgIpc) is 2.47. The lowest BCUT2D eigenvalue weighted by Gasteiger charge is -2.14. The molecule has 0 saturated carbocycles. The minimum atomic E-state index is -0.709. The molecular weight excluding hydrogens is 323 g/mol. The molecule has 0 aliphatic heterocycles. The van der Waals surface area contributed by atoms with Crippen LogP contribution in [0.25, 0.3) is 0 Å². The average molecular weight is 337 g/mol. The van der Waals surface area contributed by atoms with E-state index in [-0.39, 0.29) is 16.5 Å². The van der Waals surface area contributed by atoms with Crippen molar-refractivity contribution in [2.75, 3.05) is 5.32 Å². The topological polar surface area (TPSA) is 58.2 Å². The van der Waals surface area contributed by atoms with E-state index < -0.39 is 11.9 Å². The Bertz CT molecular complexity index is 690. The van der Waals surface area contributed by atoms with E-state index in [9.17, 15) is 9.59 Å². The number of para-hydroxylation sites is 1. The van der Waals surface area contributed by atoms with Gasteiger partial charge in [0.1, 0.15) is 6.04 Å². The van der Waals surface area contributed by atoms with Crippen molar-refractivity contribution in [3.05, 3.63) is 64.1 Å². The predicted octanol–water partition coefficient (Wildman–Crippen LogP) is 3.75. The molecule has 0 radical (unpaired) electrons. The summed E-state index contributed by atoms with van der Waals surface area (Å²) in [4.78, 5) is 24.2. The van der Waals surface area contributed by atoms with Gasteiger partial charge in [-0.2, -0.15) is 0 Å². The molecule has 0 saturated heterocycles. The minimum Gasteiger partial charge on any atom is -0.340 e. The van der Waals surface area contributed by atoms with Crippen molar-refractivity contribution in [2.24, 2.45) is 0 Å². The molecule has 0 fully saturated rings. The van der Waals surface area contributed by atoms with Crippen molar-refractivity contribution in [3.63, 3.8) is 0 Å². The zero-order valence-electron chi connectivity index (χ0n) is 11.8. The van der Waals surface area contributed by atoms with Gasteiger partial charge in [-0.25, -0.2) is 0 Å². The first-order valence-corrected chi connectivity index (χ1v) is 7.35. The Balaban J connectivity index is 2.00. The first-order chi connectivity index (χ1) is 10.5. The number of carbonyl (C=O) groups is 2. The molecular formula is C16H14Cl2N2O2. The second kappa shape index (κ2) is 7.29. The SMILES string of the molecule is CC(NC(=O)c1ccc(Cl)cc1Cl)C(=O)Nc1ccccc1. The fourth-order valence-corrected chi connectivity index (χ4v) is 2.28. The monoisotopic (exact) mass is 336 g/mol. The van der Waals surface area contributed by atoms with Crippen LogP contribution in [-0.4, -0.2) is 17.9 Å². The molecule has 0 heterocycles. The third-order valence-electron chi connectivity index (χ3n) is 2.96. The molecule has 6 heteroatoms. The Morgan fingerprint density at radius 1 is 1.05 bits per heavy atom. The van der Waals surface area contributed by atoms with Gasteiger partial charge in [-0.05, 0) is 37.3 Å². The van der Waals surface area contributed by atoms with Crippen molar-refractivity contribution in [2.45, 2.75) is 13.0 Å². The molecule has 2 aromatic rings. The van der Waals surface area contributed by atoms with Crippen LogP contribution in [0, 0.1) is 0 Å². The van der Waals surface area contributed by atoms with E-state index in [2.05, 4.69) is 10.6 Å². The number of rotatable bonds is 4.